The van der Waals surface area contributed by atoms with E-state index in [1.54, 1.807) is 0 Å². The minimum atomic E-state index is 0.781. The Kier molecular flexibility index (Phi) is 4.05. The first-order valence-electron chi connectivity index (χ1n) is 6.12. The normalized spacial score (nSPS) is 10.7. The number of rotatable bonds is 3. The molecule has 2 aromatic carbocycles. The van der Waals surface area contributed by atoms with Crippen LogP contribution >= 0.6 is 11.6 Å². The lowest BCUT2D eigenvalue weighted by Gasteiger charge is -2.12. The molecule has 0 aromatic heterocycles. The highest BCUT2D eigenvalue weighted by Gasteiger charge is 2.06. The van der Waals surface area contributed by atoms with Crippen LogP contribution in [0.2, 0.25) is 5.02 Å². The van der Waals surface area contributed by atoms with Gasteiger partial charge in [0.1, 0.15) is 0 Å². The maximum Gasteiger partial charge on any atom is 0.0412 e. The van der Waals surface area contributed by atoms with Crippen LogP contribution in [0, 0.1) is 13.8 Å². The summed E-state index contributed by atoms with van der Waals surface area (Å²) in [5.74, 6) is 0. The first-order valence-corrected chi connectivity index (χ1v) is 6.49. The summed E-state index contributed by atoms with van der Waals surface area (Å²) in [5.41, 5.74) is 6.27. The number of benzene rings is 2. The number of nitrogens with one attached hydrogen (secondary N) is 1. The van der Waals surface area contributed by atoms with E-state index in [4.69, 9.17) is 11.6 Å². The highest BCUT2D eigenvalue weighted by atomic mass is 35.5. The van der Waals surface area contributed by atoms with Crippen molar-refractivity contribution in [2.75, 3.05) is 7.05 Å². The Morgan fingerprint density at radius 2 is 1.67 bits per heavy atom. The molecule has 18 heavy (non-hydrogen) atoms. The lowest BCUT2D eigenvalue weighted by Crippen LogP contribution is -2.06. The van der Waals surface area contributed by atoms with E-state index in [1.165, 1.54) is 27.8 Å². The van der Waals surface area contributed by atoms with Crippen molar-refractivity contribution < 1.29 is 0 Å². The fraction of sp³-hybridized carbons (Fsp3) is 0.250. The highest BCUT2D eigenvalue weighted by Crippen LogP contribution is 2.28. The van der Waals surface area contributed by atoms with Crippen molar-refractivity contribution in [3.05, 3.63) is 58.1 Å². The third-order valence-corrected chi connectivity index (χ3v) is 3.21. The molecule has 0 fully saturated rings. The monoisotopic (exact) mass is 259 g/mol. The van der Waals surface area contributed by atoms with Crippen molar-refractivity contribution in [3.8, 4) is 11.1 Å². The molecule has 0 spiro atoms. The van der Waals surface area contributed by atoms with Crippen LogP contribution in [0.1, 0.15) is 16.7 Å². The van der Waals surface area contributed by atoms with Gasteiger partial charge in [-0.2, -0.15) is 0 Å². The third-order valence-electron chi connectivity index (χ3n) is 2.97. The van der Waals surface area contributed by atoms with E-state index < -0.39 is 0 Å². The minimum absolute atomic E-state index is 0.781. The zero-order valence-corrected chi connectivity index (χ0v) is 11.8. The molecule has 0 aliphatic heterocycles. The predicted octanol–water partition coefficient (Wildman–Crippen LogP) is 4.34. The Morgan fingerprint density at radius 3 is 2.28 bits per heavy atom. The standard InChI is InChI=1S/C16H18ClN/c1-11-6-12(2)8-14(7-11)16-9-15(17)5-4-13(16)10-18-3/h4-9,18H,10H2,1-3H3. The van der Waals surface area contributed by atoms with Crippen LogP contribution in [0.15, 0.2) is 36.4 Å². The Hall–Kier alpha value is -1.31. The van der Waals surface area contributed by atoms with Gasteiger partial charge in [-0.15, -0.1) is 0 Å². The summed E-state index contributed by atoms with van der Waals surface area (Å²) in [5, 5.41) is 3.98. The lowest BCUT2D eigenvalue weighted by atomic mass is 9.96. The smallest absolute Gasteiger partial charge is 0.0412 e. The second-order valence-electron chi connectivity index (χ2n) is 4.71. The summed E-state index contributed by atoms with van der Waals surface area (Å²) in [6.45, 7) is 5.09. The third kappa shape index (κ3) is 2.92. The van der Waals surface area contributed by atoms with Gasteiger partial charge in [0.2, 0.25) is 0 Å². The van der Waals surface area contributed by atoms with E-state index in [2.05, 4.69) is 43.4 Å². The molecule has 0 bridgehead atoms. The van der Waals surface area contributed by atoms with E-state index in [1.807, 2.05) is 19.2 Å². The van der Waals surface area contributed by atoms with Gasteiger partial charge in [-0.05, 0) is 49.7 Å². The topological polar surface area (TPSA) is 12.0 Å². The molecule has 0 aliphatic carbocycles. The second kappa shape index (κ2) is 5.55. The molecule has 1 N–H and O–H groups in total. The summed E-state index contributed by atoms with van der Waals surface area (Å²) in [4.78, 5) is 0. The average molecular weight is 260 g/mol. The van der Waals surface area contributed by atoms with Crippen LogP contribution < -0.4 is 5.32 Å². The number of aryl methyl sites for hydroxylation is 2. The molecule has 0 atom stereocenters. The first kappa shape index (κ1) is 13.1. The molecule has 2 aromatic rings. The quantitative estimate of drug-likeness (QED) is 0.865. The maximum atomic E-state index is 6.13. The average Bonchev–Trinajstić information content (AvgIpc) is 2.30. The van der Waals surface area contributed by atoms with E-state index in [0.29, 0.717) is 0 Å². The Morgan fingerprint density at radius 1 is 1.00 bits per heavy atom. The fourth-order valence-electron chi connectivity index (χ4n) is 2.29. The van der Waals surface area contributed by atoms with Crippen LogP contribution in [0.4, 0.5) is 0 Å². The highest BCUT2D eigenvalue weighted by molar-refractivity contribution is 6.30. The van der Waals surface area contributed by atoms with Gasteiger partial charge >= 0.3 is 0 Å². The fourth-order valence-corrected chi connectivity index (χ4v) is 2.46. The zero-order chi connectivity index (χ0) is 13.1. The summed E-state index contributed by atoms with van der Waals surface area (Å²) < 4.78 is 0. The lowest BCUT2D eigenvalue weighted by molar-refractivity contribution is 0.819. The predicted molar refractivity (Wildman–Crippen MR) is 79.1 cm³/mol. The molecule has 2 rings (SSSR count). The van der Waals surface area contributed by atoms with E-state index in [9.17, 15) is 0 Å². The second-order valence-corrected chi connectivity index (χ2v) is 5.14. The Balaban J connectivity index is 2.57. The van der Waals surface area contributed by atoms with Gasteiger partial charge in [0.25, 0.3) is 0 Å². The first-order chi connectivity index (χ1) is 8.60. The largest absolute Gasteiger partial charge is 0.316 e. The van der Waals surface area contributed by atoms with Crippen molar-refractivity contribution in [2.24, 2.45) is 0 Å². The van der Waals surface area contributed by atoms with E-state index >= 15 is 0 Å². The van der Waals surface area contributed by atoms with Gasteiger partial charge in [-0.25, -0.2) is 0 Å². The molecule has 0 heterocycles. The molecule has 0 radical (unpaired) electrons. The Labute approximate surface area is 114 Å². The number of halogens is 1. The molecule has 94 valence electrons. The molecule has 0 saturated heterocycles. The van der Waals surface area contributed by atoms with Crippen LogP contribution in [0.5, 0.6) is 0 Å². The van der Waals surface area contributed by atoms with Gasteiger partial charge in [-0.1, -0.05) is 47.0 Å². The van der Waals surface area contributed by atoms with Gasteiger partial charge in [0, 0.05) is 11.6 Å². The summed E-state index contributed by atoms with van der Waals surface area (Å²) >= 11 is 6.13. The van der Waals surface area contributed by atoms with Gasteiger partial charge in [-0.3, -0.25) is 0 Å². The van der Waals surface area contributed by atoms with Crippen molar-refractivity contribution >= 4 is 11.6 Å². The molecule has 2 heteroatoms. The SMILES string of the molecule is CNCc1ccc(Cl)cc1-c1cc(C)cc(C)c1. The van der Waals surface area contributed by atoms with Gasteiger partial charge in [0.05, 0.1) is 0 Å². The van der Waals surface area contributed by atoms with Crippen molar-refractivity contribution in [3.63, 3.8) is 0 Å². The van der Waals surface area contributed by atoms with Gasteiger partial charge in [0.15, 0.2) is 0 Å². The van der Waals surface area contributed by atoms with Crippen LogP contribution in [0.3, 0.4) is 0 Å². The van der Waals surface area contributed by atoms with Crippen LogP contribution in [-0.2, 0) is 6.54 Å². The molecule has 0 saturated carbocycles. The van der Waals surface area contributed by atoms with Crippen molar-refractivity contribution in [1.82, 2.24) is 5.32 Å². The molecule has 0 amide bonds. The number of hydrogen-bond acceptors (Lipinski definition) is 1. The van der Waals surface area contributed by atoms with Crippen molar-refractivity contribution in [1.29, 1.82) is 0 Å². The molecular formula is C16H18ClN. The zero-order valence-electron chi connectivity index (χ0n) is 11.0. The Bertz CT molecular complexity index is 541. The summed E-state index contributed by atoms with van der Waals surface area (Å²) in [7, 11) is 1.96. The molecule has 1 nitrogen and oxygen atoms in total. The molecular weight excluding hydrogens is 242 g/mol. The van der Waals surface area contributed by atoms with E-state index in [0.717, 1.165) is 11.6 Å². The molecule has 0 aliphatic rings. The molecule has 0 unspecified atom stereocenters. The minimum Gasteiger partial charge on any atom is -0.316 e. The van der Waals surface area contributed by atoms with Gasteiger partial charge < -0.3 is 5.32 Å². The van der Waals surface area contributed by atoms with Crippen molar-refractivity contribution in [2.45, 2.75) is 20.4 Å². The van der Waals surface area contributed by atoms with Crippen LogP contribution in [-0.4, -0.2) is 7.05 Å². The van der Waals surface area contributed by atoms with Crippen LogP contribution in [0.25, 0.3) is 11.1 Å². The summed E-state index contributed by atoms with van der Waals surface area (Å²) in [6, 6.07) is 12.7. The maximum absolute atomic E-state index is 6.13. The van der Waals surface area contributed by atoms with E-state index in [-0.39, 0.29) is 0 Å². The summed E-state index contributed by atoms with van der Waals surface area (Å²) in [6.07, 6.45) is 0. The number of hydrogen-bond donors (Lipinski definition) is 1.